The Labute approximate surface area is 122 Å². The van der Waals surface area contributed by atoms with Gasteiger partial charge in [-0.15, -0.1) is 0 Å². The molecule has 0 aromatic carbocycles. The van der Waals surface area contributed by atoms with Gasteiger partial charge in [-0.2, -0.15) is 0 Å². The van der Waals surface area contributed by atoms with E-state index in [9.17, 15) is 14.0 Å². The lowest BCUT2D eigenvalue weighted by molar-refractivity contribution is -0.110. The fraction of sp³-hybridized carbons (Fsp3) is 0.846. The standard InChI is InChI=1S/C13H21FO3S2/c1-8(15)18-6-10-4-12(14)13(17-3)5-11(10)7-19-9(2)16/h10-13H,4-7H2,1-3H3. The third-order valence-electron chi connectivity index (χ3n) is 3.44. The van der Waals surface area contributed by atoms with Crippen LogP contribution in [0, 0.1) is 11.8 Å². The summed E-state index contributed by atoms with van der Waals surface area (Å²) in [5, 5.41) is 0.136. The van der Waals surface area contributed by atoms with Crippen LogP contribution >= 0.6 is 23.5 Å². The molecule has 0 heterocycles. The second kappa shape index (κ2) is 8.27. The smallest absolute Gasteiger partial charge is 0.185 e. The fourth-order valence-corrected chi connectivity index (χ4v) is 4.09. The quantitative estimate of drug-likeness (QED) is 0.781. The molecule has 0 spiro atoms. The number of hydrogen-bond donors (Lipinski definition) is 0. The summed E-state index contributed by atoms with van der Waals surface area (Å²) in [4.78, 5) is 22.1. The van der Waals surface area contributed by atoms with E-state index >= 15 is 0 Å². The molecule has 4 unspecified atom stereocenters. The maximum absolute atomic E-state index is 13.9. The number of methoxy groups -OCH3 is 1. The van der Waals surface area contributed by atoms with Crippen LogP contribution in [0.4, 0.5) is 4.39 Å². The van der Waals surface area contributed by atoms with Gasteiger partial charge in [0.15, 0.2) is 10.2 Å². The molecule has 0 amide bonds. The summed E-state index contributed by atoms with van der Waals surface area (Å²) in [6, 6.07) is 0. The molecule has 0 bridgehead atoms. The Morgan fingerprint density at radius 2 is 1.58 bits per heavy atom. The van der Waals surface area contributed by atoms with Crippen LogP contribution < -0.4 is 0 Å². The Morgan fingerprint density at radius 1 is 1.11 bits per heavy atom. The first-order valence-electron chi connectivity index (χ1n) is 6.37. The maximum atomic E-state index is 13.9. The van der Waals surface area contributed by atoms with Crippen LogP contribution in [0.3, 0.4) is 0 Å². The first-order chi connectivity index (χ1) is 8.93. The molecule has 1 aliphatic carbocycles. The second-order valence-corrected chi connectivity index (χ2v) is 7.28. The molecule has 0 saturated heterocycles. The van der Waals surface area contributed by atoms with Gasteiger partial charge in [-0.1, -0.05) is 23.5 Å². The van der Waals surface area contributed by atoms with Crippen LogP contribution in [-0.2, 0) is 14.3 Å². The minimum atomic E-state index is -0.971. The molecule has 1 fully saturated rings. The lowest BCUT2D eigenvalue weighted by Crippen LogP contribution is -2.40. The average molecular weight is 308 g/mol. The van der Waals surface area contributed by atoms with Gasteiger partial charge in [0.2, 0.25) is 0 Å². The van der Waals surface area contributed by atoms with E-state index in [4.69, 9.17) is 4.74 Å². The number of ether oxygens (including phenoxy) is 1. The molecule has 0 radical (unpaired) electrons. The zero-order chi connectivity index (χ0) is 14.4. The zero-order valence-electron chi connectivity index (χ0n) is 11.6. The normalized spacial score (nSPS) is 31.2. The first-order valence-corrected chi connectivity index (χ1v) is 8.34. The van der Waals surface area contributed by atoms with Crippen molar-refractivity contribution in [2.45, 2.75) is 39.0 Å². The van der Waals surface area contributed by atoms with Gasteiger partial charge in [0.05, 0.1) is 6.10 Å². The summed E-state index contributed by atoms with van der Waals surface area (Å²) in [5.41, 5.74) is 0. The molecule has 19 heavy (non-hydrogen) atoms. The van der Waals surface area contributed by atoms with E-state index in [2.05, 4.69) is 0 Å². The molecule has 0 aliphatic heterocycles. The molecule has 1 rings (SSSR count). The van der Waals surface area contributed by atoms with Crippen molar-refractivity contribution in [2.24, 2.45) is 11.8 Å². The van der Waals surface area contributed by atoms with Gasteiger partial charge in [-0.05, 0) is 24.7 Å². The van der Waals surface area contributed by atoms with Gasteiger partial charge < -0.3 is 4.74 Å². The lowest BCUT2D eigenvalue weighted by atomic mass is 9.79. The van der Waals surface area contributed by atoms with Crippen LogP contribution in [0.15, 0.2) is 0 Å². The van der Waals surface area contributed by atoms with E-state index in [0.717, 1.165) is 0 Å². The fourth-order valence-electron chi connectivity index (χ4n) is 2.37. The Hall–Kier alpha value is -0.0700. The number of alkyl halides is 1. The van der Waals surface area contributed by atoms with Crippen LogP contribution in [0.1, 0.15) is 26.7 Å². The van der Waals surface area contributed by atoms with Gasteiger partial charge in [-0.25, -0.2) is 4.39 Å². The first kappa shape index (κ1) is 17.0. The van der Waals surface area contributed by atoms with Gasteiger partial charge in [0.1, 0.15) is 6.17 Å². The monoisotopic (exact) mass is 308 g/mol. The Kier molecular flexibility index (Phi) is 7.39. The molecule has 3 nitrogen and oxygen atoms in total. The Morgan fingerprint density at radius 3 is 2.00 bits per heavy atom. The van der Waals surface area contributed by atoms with E-state index < -0.39 is 6.17 Å². The molecule has 4 atom stereocenters. The third-order valence-corrected chi connectivity index (χ3v) is 5.44. The summed E-state index contributed by atoms with van der Waals surface area (Å²) < 4.78 is 19.1. The third kappa shape index (κ3) is 5.83. The molecule has 1 saturated carbocycles. The summed E-state index contributed by atoms with van der Waals surface area (Å²) >= 11 is 2.52. The van der Waals surface area contributed by atoms with Crippen LogP contribution in [0.25, 0.3) is 0 Å². The van der Waals surface area contributed by atoms with Crippen molar-refractivity contribution < 1.29 is 18.7 Å². The molecular weight excluding hydrogens is 287 g/mol. The SMILES string of the molecule is COC1CC(CSC(C)=O)C(CSC(C)=O)CC1F. The molecule has 0 aromatic heterocycles. The predicted molar refractivity (Wildman–Crippen MR) is 78.2 cm³/mol. The number of halogens is 1. The summed E-state index contributed by atoms with van der Waals surface area (Å²) in [5.74, 6) is 1.69. The zero-order valence-corrected chi connectivity index (χ0v) is 13.2. The number of hydrogen-bond acceptors (Lipinski definition) is 5. The average Bonchev–Trinajstić information content (AvgIpc) is 2.34. The van der Waals surface area contributed by atoms with Crippen molar-refractivity contribution in [3.8, 4) is 0 Å². The van der Waals surface area contributed by atoms with Crippen molar-refractivity contribution >= 4 is 33.8 Å². The van der Waals surface area contributed by atoms with E-state index in [1.54, 1.807) is 6.92 Å². The molecule has 0 N–H and O–H groups in total. The highest BCUT2D eigenvalue weighted by Crippen LogP contribution is 2.37. The van der Waals surface area contributed by atoms with Crippen molar-refractivity contribution in [3.05, 3.63) is 0 Å². The minimum absolute atomic E-state index is 0.0576. The van der Waals surface area contributed by atoms with Gasteiger partial charge in [0.25, 0.3) is 0 Å². The molecule has 110 valence electrons. The number of carbonyl (C=O) groups is 2. The highest BCUT2D eigenvalue weighted by molar-refractivity contribution is 8.13. The summed E-state index contributed by atoms with van der Waals surface area (Å²) in [7, 11) is 1.52. The van der Waals surface area contributed by atoms with Crippen LogP contribution in [0.5, 0.6) is 0 Å². The van der Waals surface area contributed by atoms with Crippen molar-refractivity contribution in [2.75, 3.05) is 18.6 Å². The van der Waals surface area contributed by atoms with E-state index in [-0.39, 0.29) is 28.2 Å². The van der Waals surface area contributed by atoms with Crippen molar-refractivity contribution in [3.63, 3.8) is 0 Å². The van der Waals surface area contributed by atoms with Gasteiger partial charge in [-0.3, -0.25) is 9.59 Å². The van der Waals surface area contributed by atoms with E-state index in [0.29, 0.717) is 24.3 Å². The minimum Gasteiger partial charge on any atom is -0.378 e. The predicted octanol–water partition coefficient (Wildman–Crippen LogP) is 2.93. The molecule has 1 aliphatic rings. The number of rotatable bonds is 5. The lowest BCUT2D eigenvalue weighted by Gasteiger charge is -2.37. The van der Waals surface area contributed by atoms with Crippen LogP contribution in [0.2, 0.25) is 0 Å². The second-order valence-electron chi connectivity index (χ2n) is 4.89. The Balaban J connectivity index is 2.60. The van der Waals surface area contributed by atoms with Gasteiger partial charge >= 0.3 is 0 Å². The maximum Gasteiger partial charge on any atom is 0.185 e. The van der Waals surface area contributed by atoms with Gasteiger partial charge in [0, 0.05) is 32.5 Å². The number of carbonyl (C=O) groups excluding carboxylic acids is 2. The highest BCUT2D eigenvalue weighted by atomic mass is 32.2. The van der Waals surface area contributed by atoms with Crippen LogP contribution in [-0.4, -0.2) is 41.1 Å². The molecular formula is C13H21FO3S2. The molecule has 0 aromatic rings. The highest BCUT2D eigenvalue weighted by Gasteiger charge is 2.37. The number of thioether (sulfide) groups is 2. The van der Waals surface area contributed by atoms with E-state index in [1.807, 2.05) is 0 Å². The molecule has 6 heteroatoms. The van der Waals surface area contributed by atoms with E-state index in [1.165, 1.54) is 37.6 Å². The van der Waals surface area contributed by atoms with Crippen molar-refractivity contribution in [1.82, 2.24) is 0 Å². The van der Waals surface area contributed by atoms with Crippen molar-refractivity contribution in [1.29, 1.82) is 0 Å². The summed E-state index contributed by atoms with van der Waals surface area (Å²) in [6.07, 6.45) is -0.305. The Bertz CT molecular complexity index is 325. The summed E-state index contributed by atoms with van der Waals surface area (Å²) in [6.45, 7) is 3.07. The topological polar surface area (TPSA) is 43.4 Å². The largest absolute Gasteiger partial charge is 0.378 e.